The predicted octanol–water partition coefficient (Wildman–Crippen LogP) is 7.15. The third-order valence-electron chi connectivity index (χ3n) is 5.85. The van der Waals surface area contributed by atoms with Crippen LogP contribution in [0.4, 0.5) is 0 Å². The maximum absolute atomic E-state index is 13.3. The van der Waals surface area contributed by atoms with Crippen LogP contribution in [-0.4, -0.2) is 11.0 Å². The van der Waals surface area contributed by atoms with Gasteiger partial charge in [-0.05, 0) is 66.3 Å². The second-order valence-electron chi connectivity index (χ2n) is 8.11. The molecule has 0 radical (unpaired) electrons. The van der Waals surface area contributed by atoms with E-state index in [-0.39, 0.29) is 12.6 Å². The van der Waals surface area contributed by atoms with Crippen molar-refractivity contribution in [2.24, 2.45) is 0 Å². The molecule has 1 aromatic heterocycles. The lowest BCUT2D eigenvalue weighted by Crippen LogP contribution is -2.10. The summed E-state index contributed by atoms with van der Waals surface area (Å²) in [6.45, 7) is 2.32. The molecule has 0 spiro atoms. The van der Waals surface area contributed by atoms with Gasteiger partial charge in [-0.1, -0.05) is 76.1 Å². The number of benzene rings is 3. The van der Waals surface area contributed by atoms with Crippen LogP contribution >= 0.6 is 15.9 Å². The van der Waals surface area contributed by atoms with Crippen LogP contribution in [0.5, 0.6) is 0 Å². The number of hydrogen-bond acceptors (Lipinski definition) is 3. The predicted molar refractivity (Wildman–Crippen MR) is 132 cm³/mol. The molecule has 0 N–H and O–H groups in total. The van der Waals surface area contributed by atoms with E-state index >= 15 is 0 Å². The van der Waals surface area contributed by atoms with E-state index in [1.165, 1.54) is 5.56 Å². The first-order chi connectivity index (χ1) is 15.6. The van der Waals surface area contributed by atoms with Crippen molar-refractivity contribution in [3.63, 3.8) is 0 Å². The lowest BCUT2D eigenvalue weighted by atomic mass is 10.0. The highest BCUT2D eigenvalue weighted by Gasteiger charge is 2.27. The number of halogens is 1. The van der Waals surface area contributed by atoms with Gasteiger partial charge in [0.1, 0.15) is 6.61 Å². The van der Waals surface area contributed by atoms with Gasteiger partial charge >= 0.3 is 5.97 Å². The van der Waals surface area contributed by atoms with Crippen molar-refractivity contribution in [1.82, 2.24) is 4.98 Å². The Morgan fingerprint density at radius 2 is 1.75 bits per heavy atom. The van der Waals surface area contributed by atoms with Crippen molar-refractivity contribution in [3.8, 4) is 0 Å². The highest BCUT2D eigenvalue weighted by atomic mass is 79.9. The molecule has 0 aliphatic heterocycles. The fourth-order valence-electron chi connectivity index (χ4n) is 4.18. The minimum Gasteiger partial charge on any atom is -0.457 e. The Morgan fingerprint density at radius 1 is 1.00 bits per heavy atom. The van der Waals surface area contributed by atoms with Gasteiger partial charge in [0.25, 0.3) is 0 Å². The van der Waals surface area contributed by atoms with Crippen LogP contribution in [0.15, 0.2) is 77.3 Å². The number of pyridine rings is 1. The van der Waals surface area contributed by atoms with Gasteiger partial charge in [-0.2, -0.15) is 0 Å². The zero-order chi connectivity index (χ0) is 22.1. The molecule has 158 valence electrons. The van der Waals surface area contributed by atoms with Crippen molar-refractivity contribution < 1.29 is 9.53 Å². The van der Waals surface area contributed by atoms with Gasteiger partial charge in [0, 0.05) is 9.86 Å². The fourth-order valence-corrected chi connectivity index (χ4v) is 4.44. The molecule has 0 atom stereocenters. The maximum Gasteiger partial charge on any atom is 0.339 e. The van der Waals surface area contributed by atoms with E-state index in [0.29, 0.717) is 5.56 Å². The molecule has 0 saturated heterocycles. The molecule has 4 heteroatoms. The molecular weight excluding hydrogens is 462 g/mol. The summed E-state index contributed by atoms with van der Waals surface area (Å²) in [6.07, 6.45) is 3.83. The molecule has 1 aliphatic rings. The highest BCUT2D eigenvalue weighted by Crippen LogP contribution is 2.38. The van der Waals surface area contributed by atoms with E-state index in [1.54, 1.807) is 0 Å². The number of nitrogens with zero attached hydrogens (tertiary/aromatic N) is 1. The van der Waals surface area contributed by atoms with Crippen molar-refractivity contribution >= 4 is 44.5 Å². The summed E-state index contributed by atoms with van der Waals surface area (Å²) >= 11 is 3.44. The molecule has 5 rings (SSSR count). The van der Waals surface area contributed by atoms with Crippen LogP contribution < -0.4 is 0 Å². The molecule has 3 nitrogen and oxygen atoms in total. The lowest BCUT2D eigenvalue weighted by Gasteiger charge is -2.12. The molecule has 32 heavy (non-hydrogen) atoms. The summed E-state index contributed by atoms with van der Waals surface area (Å²) in [4.78, 5) is 18.2. The van der Waals surface area contributed by atoms with Gasteiger partial charge in [0.2, 0.25) is 0 Å². The highest BCUT2D eigenvalue weighted by molar-refractivity contribution is 9.10. The largest absolute Gasteiger partial charge is 0.457 e. The fraction of sp³-hybridized carbons (Fsp3) is 0.143. The summed E-state index contributed by atoms with van der Waals surface area (Å²) in [6, 6.07) is 24.1. The average Bonchev–Trinajstić information content (AvgIpc) is 3.20. The van der Waals surface area contributed by atoms with Gasteiger partial charge in [0.15, 0.2) is 0 Å². The third-order valence-corrected chi connectivity index (χ3v) is 6.38. The van der Waals surface area contributed by atoms with Gasteiger partial charge in [-0.15, -0.1) is 0 Å². The van der Waals surface area contributed by atoms with Crippen LogP contribution in [0.25, 0.3) is 22.6 Å². The van der Waals surface area contributed by atoms with Gasteiger partial charge in [-0.3, -0.25) is 0 Å². The molecule has 0 unspecified atom stereocenters. The van der Waals surface area contributed by atoms with Gasteiger partial charge in [0.05, 0.1) is 16.8 Å². The zero-order valence-electron chi connectivity index (χ0n) is 17.8. The number of para-hydroxylation sites is 1. The molecule has 4 aromatic rings. The summed E-state index contributed by atoms with van der Waals surface area (Å²) in [5.74, 6) is -0.292. The molecule has 0 fully saturated rings. The number of aromatic nitrogens is 1. The summed E-state index contributed by atoms with van der Waals surface area (Å²) in [7, 11) is 0. The Bertz CT molecular complexity index is 1340. The number of carbonyl (C=O) groups is 1. The average molecular weight is 484 g/mol. The SMILES string of the molecule is Cc1ccc(C=C2CCc3c2nc2ccccc2c3C(=O)OCc2ccc(Br)cc2)cc1. The molecular formula is C28H22BrNO2. The molecule has 0 bridgehead atoms. The summed E-state index contributed by atoms with van der Waals surface area (Å²) in [5.41, 5.74) is 7.87. The molecule has 3 aromatic carbocycles. The second kappa shape index (κ2) is 8.71. The van der Waals surface area contributed by atoms with E-state index in [9.17, 15) is 4.79 Å². The maximum atomic E-state index is 13.3. The monoisotopic (exact) mass is 483 g/mol. The molecule has 0 saturated carbocycles. The first-order valence-electron chi connectivity index (χ1n) is 10.7. The lowest BCUT2D eigenvalue weighted by molar-refractivity contribution is 0.0474. The Labute approximate surface area is 195 Å². The molecule has 1 aliphatic carbocycles. The number of aryl methyl sites for hydroxylation is 1. The number of carbonyl (C=O) groups excluding carboxylic acids is 1. The Hall–Kier alpha value is -3.24. The van der Waals surface area contributed by atoms with Crippen LogP contribution in [-0.2, 0) is 17.8 Å². The first kappa shape index (κ1) is 20.7. The van der Waals surface area contributed by atoms with E-state index < -0.39 is 0 Å². The number of fused-ring (bicyclic) bond motifs is 2. The number of hydrogen-bond donors (Lipinski definition) is 0. The Morgan fingerprint density at radius 3 is 2.53 bits per heavy atom. The zero-order valence-corrected chi connectivity index (χ0v) is 19.4. The summed E-state index contributed by atoms with van der Waals surface area (Å²) < 4.78 is 6.75. The normalized spacial score (nSPS) is 14.0. The van der Waals surface area contributed by atoms with Crippen LogP contribution in [0.1, 0.15) is 44.7 Å². The van der Waals surface area contributed by atoms with Crippen molar-refractivity contribution in [1.29, 1.82) is 0 Å². The second-order valence-corrected chi connectivity index (χ2v) is 9.03. The van der Waals surface area contributed by atoms with Gasteiger partial charge in [-0.25, -0.2) is 9.78 Å². The topological polar surface area (TPSA) is 39.2 Å². The first-order valence-corrected chi connectivity index (χ1v) is 11.5. The van der Waals surface area contributed by atoms with Crippen LogP contribution in [0.2, 0.25) is 0 Å². The van der Waals surface area contributed by atoms with Crippen LogP contribution in [0, 0.1) is 6.92 Å². The smallest absolute Gasteiger partial charge is 0.339 e. The van der Waals surface area contributed by atoms with Gasteiger partial charge < -0.3 is 4.74 Å². The number of ether oxygens (including phenoxy) is 1. The summed E-state index contributed by atoms with van der Waals surface area (Å²) in [5, 5.41) is 0.851. The van der Waals surface area contributed by atoms with E-state index in [4.69, 9.17) is 9.72 Å². The van der Waals surface area contributed by atoms with Crippen molar-refractivity contribution in [2.45, 2.75) is 26.4 Å². The minimum atomic E-state index is -0.292. The number of allylic oxidation sites excluding steroid dienone is 1. The minimum absolute atomic E-state index is 0.240. The quantitative estimate of drug-likeness (QED) is 0.289. The molecule has 0 amide bonds. The number of rotatable bonds is 4. The van der Waals surface area contributed by atoms with E-state index in [0.717, 1.165) is 56.2 Å². The standard InChI is InChI=1S/C28H22BrNO2/c1-18-6-8-19(9-7-18)16-21-12-15-24-26(23-4-2-3-5-25(23)30-27(21)24)28(31)32-17-20-10-13-22(29)14-11-20/h2-11,13-14,16H,12,15,17H2,1H3. The third kappa shape index (κ3) is 4.11. The van der Waals surface area contributed by atoms with Crippen molar-refractivity contribution in [2.75, 3.05) is 0 Å². The van der Waals surface area contributed by atoms with Crippen LogP contribution in [0.3, 0.4) is 0 Å². The number of esters is 1. The van der Waals surface area contributed by atoms with E-state index in [2.05, 4.69) is 53.2 Å². The Balaban J connectivity index is 1.53. The molecule has 1 heterocycles. The Kier molecular flexibility index (Phi) is 5.62. The van der Waals surface area contributed by atoms with E-state index in [1.807, 2.05) is 48.5 Å². The van der Waals surface area contributed by atoms with Crippen molar-refractivity contribution in [3.05, 3.63) is 111 Å².